The Bertz CT molecular complexity index is 190. The fraction of sp³-hybridized carbons (Fsp3) is 0. The first-order valence-electron chi connectivity index (χ1n) is 2.20. The van der Waals surface area contributed by atoms with E-state index in [4.69, 9.17) is 4.42 Å². The molecule has 0 amide bonds. The third kappa shape index (κ3) is 1.01. The lowest BCUT2D eigenvalue weighted by molar-refractivity contribution is 0.532. The molecule has 0 atom stereocenters. The minimum Gasteiger partial charge on any atom is -0.450 e. The zero-order valence-electron chi connectivity index (χ0n) is 4.23. The second kappa shape index (κ2) is 2.18. The summed E-state index contributed by atoms with van der Waals surface area (Å²) in [5, 5.41) is 0. The Balaban J connectivity index is 3.00. The Labute approximate surface area is 56.1 Å². The molecule has 0 aliphatic rings. The molecule has 0 N–H and O–H groups in total. The lowest BCUT2D eigenvalue weighted by Crippen LogP contribution is -1.52. The standard InChI is InChI=1S/C6H5BrO/c1-2-5-3-4-6(7)8-5/h2-4H,1H2. The molecule has 0 aliphatic heterocycles. The summed E-state index contributed by atoms with van der Waals surface area (Å²) in [5.41, 5.74) is 0. The second-order valence-corrected chi connectivity index (χ2v) is 2.13. The summed E-state index contributed by atoms with van der Waals surface area (Å²) >= 11 is 3.16. The number of halogens is 1. The molecule has 0 bridgehead atoms. The number of furan rings is 1. The molecular formula is C6H5BrO. The van der Waals surface area contributed by atoms with Crippen molar-refractivity contribution in [1.29, 1.82) is 0 Å². The van der Waals surface area contributed by atoms with E-state index in [0.29, 0.717) is 0 Å². The van der Waals surface area contributed by atoms with Gasteiger partial charge in [0.15, 0.2) is 4.67 Å². The Morgan fingerprint density at radius 1 is 1.62 bits per heavy atom. The zero-order chi connectivity index (χ0) is 5.98. The molecule has 0 unspecified atom stereocenters. The summed E-state index contributed by atoms with van der Waals surface area (Å²) in [7, 11) is 0. The molecule has 1 rings (SSSR count). The second-order valence-electron chi connectivity index (χ2n) is 1.35. The molecule has 0 fully saturated rings. The van der Waals surface area contributed by atoms with Gasteiger partial charge in [-0.2, -0.15) is 0 Å². The van der Waals surface area contributed by atoms with Gasteiger partial charge in [0.1, 0.15) is 5.76 Å². The van der Waals surface area contributed by atoms with E-state index >= 15 is 0 Å². The number of hydrogen-bond acceptors (Lipinski definition) is 1. The highest BCUT2D eigenvalue weighted by molar-refractivity contribution is 9.10. The molecule has 1 aromatic heterocycles. The Hall–Kier alpha value is -0.500. The predicted octanol–water partition coefficient (Wildman–Crippen LogP) is 2.69. The third-order valence-corrected chi connectivity index (χ3v) is 1.22. The van der Waals surface area contributed by atoms with Crippen LogP contribution in [0.2, 0.25) is 0 Å². The fourth-order valence-electron chi connectivity index (χ4n) is 0.438. The van der Waals surface area contributed by atoms with Crippen LogP contribution in [0.15, 0.2) is 27.8 Å². The van der Waals surface area contributed by atoms with Crippen LogP contribution in [0.3, 0.4) is 0 Å². The largest absolute Gasteiger partial charge is 0.450 e. The van der Waals surface area contributed by atoms with Crippen molar-refractivity contribution in [2.24, 2.45) is 0 Å². The van der Waals surface area contributed by atoms with E-state index in [1.807, 2.05) is 12.1 Å². The molecule has 0 aromatic carbocycles. The normalized spacial score (nSPS) is 9.12. The van der Waals surface area contributed by atoms with Crippen LogP contribution in [0.5, 0.6) is 0 Å². The summed E-state index contributed by atoms with van der Waals surface area (Å²) in [6, 6.07) is 3.67. The van der Waals surface area contributed by atoms with E-state index in [9.17, 15) is 0 Å². The first-order valence-corrected chi connectivity index (χ1v) is 3.00. The van der Waals surface area contributed by atoms with E-state index in [1.54, 1.807) is 6.08 Å². The molecule has 42 valence electrons. The van der Waals surface area contributed by atoms with Gasteiger partial charge in [0.25, 0.3) is 0 Å². The van der Waals surface area contributed by atoms with Gasteiger partial charge < -0.3 is 4.42 Å². The molecule has 0 radical (unpaired) electrons. The average Bonchev–Trinajstić information content (AvgIpc) is 2.14. The molecule has 0 saturated carbocycles. The van der Waals surface area contributed by atoms with Crippen molar-refractivity contribution in [2.45, 2.75) is 0 Å². The zero-order valence-corrected chi connectivity index (χ0v) is 5.81. The van der Waals surface area contributed by atoms with Gasteiger partial charge >= 0.3 is 0 Å². The molecule has 1 aromatic rings. The minimum atomic E-state index is 0.743. The van der Waals surface area contributed by atoms with Gasteiger partial charge in [0.05, 0.1) is 0 Å². The average molecular weight is 173 g/mol. The van der Waals surface area contributed by atoms with E-state index in [0.717, 1.165) is 10.4 Å². The quantitative estimate of drug-likeness (QED) is 0.636. The maximum atomic E-state index is 5.03. The highest BCUT2D eigenvalue weighted by Crippen LogP contribution is 2.13. The summed E-state index contributed by atoms with van der Waals surface area (Å²) in [6.07, 6.45) is 1.66. The predicted molar refractivity (Wildman–Crippen MR) is 36.5 cm³/mol. The smallest absolute Gasteiger partial charge is 0.169 e. The molecule has 0 aliphatic carbocycles. The van der Waals surface area contributed by atoms with Crippen LogP contribution >= 0.6 is 15.9 Å². The lowest BCUT2D eigenvalue weighted by Gasteiger charge is -1.77. The van der Waals surface area contributed by atoms with Crippen molar-refractivity contribution in [3.05, 3.63) is 29.1 Å². The van der Waals surface area contributed by atoms with Crippen molar-refractivity contribution in [1.82, 2.24) is 0 Å². The van der Waals surface area contributed by atoms with E-state index in [-0.39, 0.29) is 0 Å². The van der Waals surface area contributed by atoms with Gasteiger partial charge in [-0.3, -0.25) is 0 Å². The van der Waals surface area contributed by atoms with Crippen LogP contribution in [-0.2, 0) is 0 Å². The molecular weight excluding hydrogens is 168 g/mol. The van der Waals surface area contributed by atoms with Crippen molar-refractivity contribution >= 4 is 22.0 Å². The van der Waals surface area contributed by atoms with Crippen LogP contribution in [0.1, 0.15) is 5.76 Å². The highest BCUT2D eigenvalue weighted by Gasteiger charge is 1.90. The highest BCUT2D eigenvalue weighted by atomic mass is 79.9. The Morgan fingerprint density at radius 3 is 2.62 bits per heavy atom. The van der Waals surface area contributed by atoms with Crippen LogP contribution in [-0.4, -0.2) is 0 Å². The van der Waals surface area contributed by atoms with Gasteiger partial charge in [-0.15, -0.1) is 0 Å². The minimum absolute atomic E-state index is 0.743. The molecule has 0 spiro atoms. The van der Waals surface area contributed by atoms with Gasteiger partial charge in [-0.1, -0.05) is 6.58 Å². The Kier molecular flexibility index (Phi) is 1.53. The first kappa shape index (κ1) is 5.63. The first-order chi connectivity index (χ1) is 3.83. The molecule has 0 saturated heterocycles. The van der Waals surface area contributed by atoms with Crippen LogP contribution in [0.25, 0.3) is 6.08 Å². The van der Waals surface area contributed by atoms with Gasteiger partial charge in [-0.05, 0) is 34.1 Å². The number of hydrogen-bond donors (Lipinski definition) is 0. The Morgan fingerprint density at radius 2 is 2.38 bits per heavy atom. The van der Waals surface area contributed by atoms with Crippen molar-refractivity contribution in [3.63, 3.8) is 0 Å². The summed E-state index contributed by atoms with van der Waals surface area (Å²) < 4.78 is 5.77. The summed E-state index contributed by atoms with van der Waals surface area (Å²) in [6.45, 7) is 3.53. The van der Waals surface area contributed by atoms with Gasteiger partial charge in [-0.25, -0.2) is 0 Å². The fourth-order valence-corrected chi connectivity index (χ4v) is 0.757. The molecule has 2 heteroatoms. The molecule has 1 heterocycles. The van der Waals surface area contributed by atoms with Crippen LogP contribution in [0.4, 0.5) is 0 Å². The molecule has 8 heavy (non-hydrogen) atoms. The topological polar surface area (TPSA) is 13.1 Å². The summed E-state index contributed by atoms with van der Waals surface area (Å²) in [4.78, 5) is 0. The lowest BCUT2D eigenvalue weighted by atomic mass is 10.5. The maximum Gasteiger partial charge on any atom is 0.169 e. The third-order valence-electron chi connectivity index (χ3n) is 0.795. The van der Waals surface area contributed by atoms with Crippen LogP contribution < -0.4 is 0 Å². The maximum absolute atomic E-state index is 5.03. The van der Waals surface area contributed by atoms with E-state index in [2.05, 4.69) is 22.5 Å². The van der Waals surface area contributed by atoms with Crippen molar-refractivity contribution in [3.8, 4) is 0 Å². The molecule has 1 nitrogen and oxygen atoms in total. The number of rotatable bonds is 1. The summed E-state index contributed by atoms with van der Waals surface area (Å²) in [5.74, 6) is 0.789. The van der Waals surface area contributed by atoms with E-state index < -0.39 is 0 Å². The van der Waals surface area contributed by atoms with Crippen molar-refractivity contribution in [2.75, 3.05) is 0 Å². The van der Waals surface area contributed by atoms with Gasteiger partial charge in [0, 0.05) is 0 Å². The van der Waals surface area contributed by atoms with Gasteiger partial charge in [0.2, 0.25) is 0 Å². The SMILES string of the molecule is C=Cc1ccc(Br)o1. The monoisotopic (exact) mass is 172 g/mol. The van der Waals surface area contributed by atoms with E-state index in [1.165, 1.54) is 0 Å². The van der Waals surface area contributed by atoms with Crippen LogP contribution in [0, 0.1) is 0 Å². The van der Waals surface area contributed by atoms with Crippen molar-refractivity contribution < 1.29 is 4.42 Å².